The molecule has 0 spiro atoms. The Hall–Kier alpha value is -1.75. The smallest absolute Gasteiger partial charge is 0.340 e. The van der Waals surface area contributed by atoms with E-state index in [1.807, 2.05) is 4.90 Å². The van der Waals surface area contributed by atoms with Crippen LogP contribution in [0.25, 0.3) is 0 Å². The first-order valence-corrected chi connectivity index (χ1v) is 8.95. The van der Waals surface area contributed by atoms with Gasteiger partial charge in [-0.2, -0.15) is 0 Å². The van der Waals surface area contributed by atoms with Crippen molar-refractivity contribution in [2.45, 2.75) is 44.6 Å². The van der Waals surface area contributed by atoms with Crippen LogP contribution in [0.4, 0.5) is 5.69 Å². The predicted octanol–water partition coefficient (Wildman–Crippen LogP) is 3.26. The number of rotatable bonds is 3. The van der Waals surface area contributed by atoms with Crippen LogP contribution in [0, 0.1) is 5.92 Å². The molecule has 2 atom stereocenters. The van der Waals surface area contributed by atoms with Gasteiger partial charge in [-0.25, -0.2) is 4.79 Å². The second-order valence-electron chi connectivity index (χ2n) is 6.65. The third kappa shape index (κ3) is 3.66. The van der Waals surface area contributed by atoms with Gasteiger partial charge in [-0.05, 0) is 49.8 Å². The molecular weight excluding hydrogens is 328 g/mol. The monoisotopic (exact) mass is 350 g/mol. The number of fused-ring (bicyclic) bond motifs is 1. The lowest BCUT2D eigenvalue weighted by Crippen LogP contribution is -2.50. The van der Waals surface area contributed by atoms with Gasteiger partial charge in [-0.15, -0.1) is 0 Å². The number of halogens is 1. The summed E-state index contributed by atoms with van der Waals surface area (Å²) in [5.41, 5.74) is 6.27. The summed E-state index contributed by atoms with van der Waals surface area (Å²) in [6, 6.07) is 4.91. The van der Waals surface area contributed by atoms with Crippen LogP contribution in [0.2, 0.25) is 5.02 Å². The number of nitrogens with two attached hydrogens (primary N) is 1. The van der Waals surface area contributed by atoms with Crippen LogP contribution in [0.5, 0.6) is 0 Å². The number of ether oxygens (including phenoxy) is 1. The number of hydrogen-bond donors (Lipinski definition) is 1. The number of nitrogens with zero attached hydrogens (tertiary/aromatic N) is 1. The van der Waals surface area contributed by atoms with Gasteiger partial charge in [0.2, 0.25) is 0 Å². The largest absolute Gasteiger partial charge is 0.452 e. The van der Waals surface area contributed by atoms with Crippen molar-refractivity contribution < 1.29 is 14.3 Å². The normalized spacial score (nSPS) is 23.5. The summed E-state index contributed by atoms with van der Waals surface area (Å²) in [4.78, 5) is 26.6. The first-order valence-electron chi connectivity index (χ1n) is 8.58. The van der Waals surface area contributed by atoms with Crippen molar-refractivity contribution in [3.63, 3.8) is 0 Å². The van der Waals surface area contributed by atoms with Gasteiger partial charge in [0.1, 0.15) is 0 Å². The van der Waals surface area contributed by atoms with Gasteiger partial charge in [0, 0.05) is 23.3 Å². The summed E-state index contributed by atoms with van der Waals surface area (Å²) >= 11 is 5.82. The maximum Gasteiger partial charge on any atom is 0.340 e. The van der Waals surface area contributed by atoms with Crippen LogP contribution < -0.4 is 5.73 Å². The molecule has 0 radical (unpaired) electrons. The fraction of sp³-hybridized carbons (Fsp3) is 0.556. The summed E-state index contributed by atoms with van der Waals surface area (Å²) in [5, 5.41) is 0.455. The zero-order valence-corrected chi connectivity index (χ0v) is 14.4. The predicted molar refractivity (Wildman–Crippen MR) is 92.8 cm³/mol. The Morgan fingerprint density at radius 2 is 1.96 bits per heavy atom. The summed E-state index contributed by atoms with van der Waals surface area (Å²) < 4.78 is 5.19. The maximum absolute atomic E-state index is 12.5. The summed E-state index contributed by atoms with van der Waals surface area (Å²) in [6.07, 6.45) is 6.94. The lowest BCUT2D eigenvalue weighted by molar-refractivity contribution is -0.140. The standard InChI is InChI=1S/C18H23ClN2O3/c19-13-7-8-14(15(20)10-13)18(23)24-11-17(22)21-9-3-5-12-4-1-2-6-16(12)21/h7-8,10,12,16H,1-6,9,11,20H2/t12-,16+/m0/s1. The molecule has 0 unspecified atom stereocenters. The van der Waals surface area contributed by atoms with Crippen LogP contribution in [0.1, 0.15) is 48.9 Å². The molecule has 2 aliphatic rings. The number of amides is 1. The summed E-state index contributed by atoms with van der Waals surface area (Å²) in [7, 11) is 0. The molecule has 1 aliphatic heterocycles. The van der Waals surface area contributed by atoms with E-state index < -0.39 is 5.97 Å². The number of nitrogen functional groups attached to an aromatic ring is 1. The quantitative estimate of drug-likeness (QED) is 0.670. The van der Waals surface area contributed by atoms with E-state index >= 15 is 0 Å². The Morgan fingerprint density at radius 1 is 1.21 bits per heavy atom. The summed E-state index contributed by atoms with van der Waals surface area (Å²) in [5.74, 6) is -0.0822. The zero-order chi connectivity index (χ0) is 17.1. The van der Waals surface area contributed by atoms with Gasteiger partial charge in [-0.3, -0.25) is 4.79 Å². The van der Waals surface area contributed by atoms with E-state index in [0.717, 1.165) is 19.4 Å². The Balaban J connectivity index is 1.59. The number of esters is 1. The Bertz CT molecular complexity index is 633. The molecule has 6 heteroatoms. The molecule has 2 N–H and O–H groups in total. The molecule has 1 heterocycles. The van der Waals surface area contributed by atoms with Crippen LogP contribution in [-0.2, 0) is 9.53 Å². The molecule has 0 bridgehead atoms. The van der Waals surface area contributed by atoms with Gasteiger partial charge < -0.3 is 15.4 Å². The molecule has 1 aliphatic carbocycles. The van der Waals surface area contributed by atoms with E-state index in [1.54, 1.807) is 6.07 Å². The molecule has 5 nitrogen and oxygen atoms in total. The average Bonchev–Trinajstić information content (AvgIpc) is 2.59. The number of piperidine rings is 1. The highest BCUT2D eigenvalue weighted by molar-refractivity contribution is 6.31. The Morgan fingerprint density at radius 3 is 2.75 bits per heavy atom. The van der Waals surface area contributed by atoms with E-state index in [2.05, 4.69) is 0 Å². The Kier molecular flexibility index (Phi) is 5.29. The van der Waals surface area contributed by atoms with Crippen molar-refractivity contribution in [3.05, 3.63) is 28.8 Å². The molecule has 1 saturated carbocycles. The summed E-state index contributed by atoms with van der Waals surface area (Å²) in [6.45, 7) is 0.532. The van der Waals surface area contributed by atoms with E-state index in [-0.39, 0.29) is 23.8 Å². The first-order chi connectivity index (χ1) is 11.6. The number of hydrogen-bond acceptors (Lipinski definition) is 4. The van der Waals surface area contributed by atoms with Gasteiger partial charge in [-0.1, -0.05) is 24.4 Å². The van der Waals surface area contributed by atoms with Gasteiger partial charge in [0.15, 0.2) is 6.61 Å². The van der Waals surface area contributed by atoms with E-state index in [0.29, 0.717) is 17.0 Å². The van der Waals surface area contributed by atoms with Crippen molar-refractivity contribution in [2.75, 3.05) is 18.9 Å². The highest BCUT2D eigenvalue weighted by Crippen LogP contribution is 2.35. The van der Waals surface area contributed by atoms with Gasteiger partial charge in [0.25, 0.3) is 5.91 Å². The second-order valence-corrected chi connectivity index (χ2v) is 7.09. The topological polar surface area (TPSA) is 72.6 Å². The molecular formula is C18H23ClN2O3. The highest BCUT2D eigenvalue weighted by atomic mass is 35.5. The van der Waals surface area contributed by atoms with E-state index in [1.165, 1.54) is 37.8 Å². The van der Waals surface area contributed by atoms with Crippen LogP contribution in [0.15, 0.2) is 18.2 Å². The molecule has 2 fully saturated rings. The third-order valence-electron chi connectivity index (χ3n) is 5.12. The van der Waals surface area contributed by atoms with Crippen LogP contribution >= 0.6 is 11.6 Å². The maximum atomic E-state index is 12.5. The molecule has 1 aromatic rings. The van der Waals surface area contributed by atoms with E-state index in [9.17, 15) is 9.59 Å². The molecule has 0 aromatic heterocycles. The zero-order valence-electron chi connectivity index (χ0n) is 13.7. The lowest BCUT2D eigenvalue weighted by Gasteiger charge is -2.44. The number of benzene rings is 1. The molecule has 1 saturated heterocycles. The van der Waals surface area contributed by atoms with E-state index in [4.69, 9.17) is 22.1 Å². The minimum Gasteiger partial charge on any atom is -0.452 e. The minimum atomic E-state index is -0.588. The molecule has 130 valence electrons. The number of anilines is 1. The Labute approximate surface area is 147 Å². The van der Waals surface area contributed by atoms with Crippen LogP contribution in [-0.4, -0.2) is 36.0 Å². The minimum absolute atomic E-state index is 0.104. The van der Waals surface area contributed by atoms with Crippen molar-refractivity contribution in [1.29, 1.82) is 0 Å². The first kappa shape index (κ1) is 17.1. The molecule has 24 heavy (non-hydrogen) atoms. The second kappa shape index (κ2) is 7.43. The lowest BCUT2D eigenvalue weighted by atomic mass is 9.78. The van der Waals surface area contributed by atoms with Crippen molar-refractivity contribution >= 4 is 29.2 Å². The van der Waals surface area contributed by atoms with Crippen molar-refractivity contribution in [3.8, 4) is 0 Å². The third-order valence-corrected chi connectivity index (χ3v) is 5.36. The molecule has 3 rings (SSSR count). The molecule has 1 amide bonds. The number of likely N-dealkylation sites (tertiary alicyclic amines) is 1. The number of carbonyl (C=O) groups is 2. The van der Waals surface area contributed by atoms with Crippen molar-refractivity contribution in [2.24, 2.45) is 5.92 Å². The SMILES string of the molecule is Nc1cc(Cl)ccc1C(=O)OCC(=O)N1CCC[C@@H]2CCCC[C@H]21. The van der Waals surface area contributed by atoms with Crippen LogP contribution in [0.3, 0.4) is 0 Å². The fourth-order valence-electron chi connectivity index (χ4n) is 3.94. The van der Waals surface area contributed by atoms with Crippen molar-refractivity contribution in [1.82, 2.24) is 4.90 Å². The molecule has 1 aromatic carbocycles. The van der Waals surface area contributed by atoms with Gasteiger partial charge >= 0.3 is 5.97 Å². The highest BCUT2D eigenvalue weighted by Gasteiger charge is 2.35. The van der Waals surface area contributed by atoms with Gasteiger partial charge in [0.05, 0.1) is 5.56 Å². The fourth-order valence-corrected chi connectivity index (χ4v) is 4.12. The number of carbonyl (C=O) groups excluding carboxylic acids is 2. The average molecular weight is 351 g/mol.